The third-order valence-corrected chi connectivity index (χ3v) is 6.13. The van der Waals surface area contributed by atoms with E-state index in [9.17, 15) is 9.59 Å². The molecule has 142 valence electrons. The first kappa shape index (κ1) is 18.2. The van der Waals surface area contributed by atoms with Crippen molar-refractivity contribution in [1.82, 2.24) is 10.2 Å². The van der Waals surface area contributed by atoms with Crippen LogP contribution in [0.4, 0.5) is 5.69 Å². The Hall–Kier alpha value is -2.21. The molecular weight excluding hydrogens is 358 g/mol. The number of hydrogen-bond donors (Lipinski definition) is 1. The van der Waals surface area contributed by atoms with Crippen molar-refractivity contribution in [1.29, 1.82) is 0 Å². The summed E-state index contributed by atoms with van der Waals surface area (Å²) < 4.78 is 0. The summed E-state index contributed by atoms with van der Waals surface area (Å²) in [5, 5.41) is 2.88. The molecule has 1 aromatic rings. The molecule has 1 fully saturated rings. The fraction of sp³-hybridized carbons (Fsp3) is 0.476. The van der Waals surface area contributed by atoms with Gasteiger partial charge in [0.1, 0.15) is 5.57 Å². The summed E-state index contributed by atoms with van der Waals surface area (Å²) in [6, 6.07) is 4.24. The summed E-state index contributed by atoms with van der Waals surface area (Å²) in [5.74, 6) is -0.705. The summed E-state index contributed by atoms with van der Waals surface area (Å²) in [6.07, 6.45) is 6.93. The number of carbonyl (C=O) groups excluding carboxylic acids is 2. The molecule has 0 radical (unpaired) electrons. The molecule has 27 heavy (non-hydrogen) atoms. The van der Waals surface area contributed by atoms with E-state index in [1.807, 2.05) is 13.8 Å². The molecule has 1 aromatic carbocycles. The highest BCUT2D eigenvalue weighted by atomic mass is 32.1. The lowest BCUT2D eigenvalue weighted by atomic mass is 9.89. The molecule has 3 aliphatic rings. The zero-order valence-electron chi connectivity index (χ0n) is 15.9. The number of nitrogens with zero attached hydrogens (tertiary/aromatic N) is 2. The average Bonchev–Trinajstić information content (AvgIpc) is 2.65. The topological polar surface area (TPSA) is 52.7 Å². The SMILES string of the molecule is CC[C@H](C)N1C(=O)C(=Cc2cc3c4c(c2)CCCN4CCC3)C(=O)NC1=S. The third kappa shape index (κ3) is 3.16. The molecule has 5 nitrogen and oxygen atoms in total. The highest BCUT2D eigenvalue weighted by Crippen LogP contribution is 2.36. The highest BCUT2D eigenvalue weighted by Gasteiger charge is 2.35. The van der Waals surface area contributed by atoms with E-state index in [-0.39, 0.29) is 22.6 Å². The van der Waals surface area contributed by atoms with E-state index < -0.39 is 5.91 Å². The van der Waals surface area contributed by atoms with E-state index in [0.717, 1.165) is 50.8 Å². The van der Waals surface area contributed by atoms with Crippen LogP contribution >= 0.6 is 12.2 Å². The van der Waals surface area contributed by atoms with Gasteiger partial charge in [0.25, 0.3) is 11.8 Å². The lowest BCUT2D eigenvalue weighted by molar-refractivity contribution is -0.130. The number of thiocarbonyl (C=S) groups is 1. The van der Waals surface area contributed by atoms with E-state index >= 15 is 0 Å². The molecule has 4 rings (SSSR count). The lowest BCUT2D eigenvalue weighted by Crippen LogP contribution is -2.56. The molecule has 0 unspecified atom stereocenters. The standard InChI is InChI=1S/C21H25N3O2S/c1-3-13(2)24-20(26)17(19(25)22-21(24)27)12-14-10-15-6-4-8-23-9-5-7-16(11-14)18(15)23/h10-13H,3-9H2,1-2H3,(H,22,25,27)/t13-/m0/s1. The molecule has 0 bridgehead atoms. The van der Waals surface area contributed by atoms with Crippen molar-refractivity contribution in [3.05, 3.63) is 34.4 Å². The number of hydrogen-bond acceptors (Lipinski definition) is 4. The molecule has 3 aliphatic heterocycles. The van der Waals surface area contributed by atoms with Gasteiger partial charge in [-0.05, 0) is 86.1 Å². The molecule has 1 atom stereocenters. The molecule has 1 N–H and O–H groups in total. The summed E-state index contributed by atoms with van der Waals surface area (Å²) in [4.78, 5) is 29.4. The van der Waals surface area contributed by atoms with Crippen molar-refractivity contribution in [3.8, 4) is 0 Å². The predicted octanol–water partition coefficient (Wildman–Crippen LogP) is 2.81. The first-order valence-electron chi connectivity index (χ1n) is 9.81. The molecule has 1 saturated heterocycles. The quantitative estimate of drug-likeness (QED) is 0.495. The highest BCUT2D eigenvalue weighted by molar-refractivity contribution is 7.80. The minimum absolute atomic E-state index is 0.0488. The number of nitrogens with one attached hydrogen (secondary N) is 1. The summed E-state index contributed by atoms with van der Waals surface area (Å²) in [6.45, 7) is 6.20. The first-order valence-corrected chi connectivity index (χ1v) is 10.2. The lowest BCUT2D eigenvalue weighted by Gasteiger charge is -2.37. The first-order chi connectivity index (χ1) is 13.0. The molecule has 0 spiro atoms. The zero-order chi connectivity index (χ0) is 19.1. The maximum atomic E-state index is 13.0. The van der Waals surface area contributed by atoms with Crippen molar-refractivity contribution in [2.75, 3.05) is 18.0 Å². The summed E-state index contributed by atoms with van der Waals surface area (Å²) >= 11 is 5.22. The van der Waals surface area contributed by atoms with Crippen LogP contribution in [-0.4, -0.2) is 41.0 Å². The number of amides is 2. The van der Waals surface area contributed by atoms with E-state index in [1.54, 1.807) is 6.08 Å². The maximum absolute atomic E-state index is 13.0. The van der Waals surface area contributed by atoms with Crippen LogP contribution in [-0.2, 0) is 22.4 Å². The molecular formula is C21H25N3O2S. The molecule has 6 heteroatoms. The Labute approximate surface area is 165 Å². The van der Waals surface area contributed by atoms with Crippen molar-refractivity contribution < 1.29 is 9.59 Å². The van der Waals surface area contributed by atoms with E-state index in [1.165, 1.54) is 21.7 Å². The van der Waals surface area contributed by atoms with Gasteiger partial charge in [0.05, 0.1) is 0 Å². The van der Waals surface area contributed by atoms with Crippen molar-refractivity contribution in [2.24, 2.45) is 0 Å². The minimum Gasteiger partial charge on any atom is -0.371 e. The van der Waals surface area contributed by atoms with Crippen LogP contribution in [0.15, 0.2) is 17.7 Å². The Balaban J connectivity index is 1.73. The van der Waals surface area contributed by atoms with Crippen LogP contribution in [0.5, 0.6) is 0 Å². The Morgan fingerprint density at radius 1 is 1.19 bits per heavy atom. The van der Waals surface area contributed by atoms with Crippen LogP contribution in [0, 0.1) is 0 Å². The Morgan fingerprint density at radius 2 is 1.81 bits per heavy atom. The van der Waals surface area contributed by atoms with Gasteiger partial charge in [-0.1, -0.05) is 6.92 Å². The van der Waals surface area contributed by atoms with Gasteiger partial charge >= 0.3 is 0 Å². The Bertz CT molecular complexity index is 830. The van der Waals surface area contributed by atoms with Gasteiger partial charge in [0.15, 0.2) is 5.11 Å². The predicted molar refractivity (Wildman–Crippen MR) is 111 cm³/mol. The fourth-order valence-corrected chi connectivity index (χ4v) is 4.69. The van der Waals surface area contributed by atoms with Gasteiger partial charge in [-0.3, -0.25) is 19.8 Å². The van der Waals surface area contributed by atoms with Crippen LogP contribution < -0.4 is 10.2 Å². The minimum atomic E-state index is -0.405. The molecule has 2 amide bonds. The van der Waals surface area contributed by atoms with Crippen LogP contribution in [0.2, 0.25) is 0 Å². The van der Waals surface area contributed by atoms with E-state index in [2.05, 4.69) is 22.3 Å². The summed E-state index contributed by atoms with van der Waals surface area (Å²) in [7, 11) is 0. The van der Waals surface area contributed by atoms with Gasteiger partial charge in [-0.2, -0.15) is 0 Å². The third-order valence-electron chi connectivity index (χ3n) is 5.83. The molecule has 0 aliphatic carbocycles. The van der Waals surface area contributed by atoms with Gasteiger partial charge in [0.2, 0.25) is 0 Å². The van der Waals surface area contributed by atoms with Crippen LogP contribution in [0.25, 0.3) is 6.08 Å². The molecule has 3 heterocycles. The fourth-order valence-electron chi connectivity index (χ4n) is 4.33. The summed E-state index contributed by atoms with van der Waals surface area (Å²) in [5.41, 5.74) is 5.16. The molecule has 0 aromatic heterocycles. The average molecular weight is 384 g/mol. The second-order valence-electron chi connectivity index (χ2n) is 7.63. The van der Waals surface area contributed by atoms with Gasteiger partial charge < -0.3 is 4.90 Å². The van der Waals surface area contributed by atoms with Gasteiger partial charge in [0, 0.05) is 24.8 Å². The molecule has 0 saturated carbocycles. The zero-order valence-corrected chi connectivity index (χ0v) is 16.7. The van der Waals surface area contributed by atoms with Crippen LogP contribution in [0.1, 0.15) is 49.8 Å². The maximum Gasteiger partial charge on any atom is 0.265 e. The van der Waals surface area contributed by atoms with Crippen molar-refractivity contribution >= 4 is 40.9 Å². The van der Waals surface area contributed by atoms with E-state index in [4.69, 9.17) is 12.2 Å². The number of carbonyl (C=O) groups is 2. The number of aryl methyl sites for hydroxylation is 2. The van der Waals surface area contributed by atoms with E-state index in [0.29, 0.717) is 0 Å². The van der Waals surface area contributed by atoms with Crippen molar-refractivity contribution in [3.63, 3.8) is 0 Å². The van der Waals surface area contributed by atoms with Crippen molar-refractivity contribution in [2.45, 2.75) is 52.0 Å². The smallest absolute Gasteiger partial charge is 0.265 e. The largest absolute Gasteiger partial charge is 0.371 e. The number of anilines is 1. The second kappa shape index (κ2) is 7.08. The second-order valence-corrected chi connectivity index (χ2v) is 8.02. The normalized spacial score (nSPS) is 22.0. The van der Waals surface area contributed by atoms with Crippen LogP contribution in [0.3, 0.4) is 0 Å². The Kier molecular flexibility index (Phi) is 4.76. The number of benzene rings is 1. The monoisotopic (exact) mass is 383 g/mol. The Morgan fingerprint density at radius 3 is 2.41 bits per heavy atom. The van der Waals surface area contributed by atoms with Gasteiger partial charge in [-0.25, -0.2) is 0 Å². The van der Waals surface area contributed by atoms with Gasteiger partial charge in [-0.15, -0.1) is 0 Å². The number of rotatable bonds is 3.